The Hall–Kier alpha value is -3.18. The predicted molar refractivity (Wildman–Crippen MR) is 122 cm³/mol. The second-order valence-electron chi connectivity index (χ2n) is 7.64. The first-order valence-corrected chi connectivity index (χ1v) is 10.5. The van der Waals surface area contributed by atoms with Crippen molar-refractivity contribution in [3.63, 3.8) is 0 Å². The van der Waals surface area contributed by atoms with Crippen molar-refractivity contribution < 1.29 is 0 Å². The van der Waals surface area contributed by atoms with Crippen LogP contribution in [0, 0.1) is 27.7 Å². The maximum atomic E-state index is 4.81. The summed E-state index contributed by atoms with van der Waals surface area (Å²) < 4.78 is 3.22. The molecule has 0 spiro atoms. The molecule has 144 valence electrons. The van der Waals surface area contributed by atoms with Gasteiger partial charge in [-0.15, -0.1) is 16.4 Å². The van der Waals surface area contributed by atoms with Gasteiger partial charge >= 0.3 is 0 Å². The summed E-state index contributed by atoms with van der Waals surface area (Å²) in [5.41, 5.74) is 8.08. The van der Waals surface area contributed by atoms with E-state index in [0.717, 1.165) is 22.8 Å². The number of rotatable bonds is 3. The summed E-state index contributed by atoms with van der Waals surface area (Å²) in [7, 11) is 0. The number of hydrogen-bond acceptors (Lipinski definition) is 4. The van der Waals surface area contributed by atoms with Crippen LogP contribution >= 0.6 is 11.3 Å². The monoisotopic (exact) mass is 398 g/mol. The van der Waals surface area contributed by atoms with E-state index in [-0.39, 0.29) is 0 Å². The van der Waals surface area contributed by atoms with Crippen LogP contribution in [0.2, 0.25) is 0 Å². The third-order valence-corrected chi connectivity index (χ3v) is 6.65. The van der Waals surface area contributed by atoms with Crippen LogP contribution in [-0.2, 0) is 0 Å². The highest BCUT2D eigenvalue weighted by atomic mass is 32.1. The molecule has 0 unspecified atom stereocenters. The van der Waals surface area contributed by atoms with Gasteiger partial charge in [0.2, 0.25) is 0 Å². The molecule has 0 aliphatic rings. The van der Waals surface area contributed by atoms with Gasteiger partial charge in [0.05, 0.1) is 11.1 Å². The quantitative estimate of drug-likeness (QED) is 0.373. The fraction of sp³-hybridized carbons (Fsp3) is 0.167. The summed E-state index contributed by atoms with van der Waals surface area (Å²) >= 11 is 1.78. The zero-order valence-electron chi connectivity index (χ0n) is 16.9. The van der Waals surface area contributed by atoms with E-state index < -0.39 is 0 Å². The van der Waals surface area contributed by atoms with Gasteiger partial charge in [-0.2, -0.15) is 0 Å². The number of anilines is 2. The molecule has 1 N–H and O–H groups in total. The maximum Gasteiger partial charge on any atom is 0.154 e. The summed E-state index contributed by atoms with van der Waals surface area (Å²) in [5.74, 6) is 0.799. The van der Waals surface area contributed by atoms with Crippen molar-refractivity contribution in [3.05, 3.63) is 77.0 Å². The molecule has 5 heteroatoms. The highest BCUT2D eigenvalue weighted by Gasteiger charge is 2.12. The van der Waals surface area contributed by atoms with Gasteiger partial charge in [-0.1, -0.05) is 12.1 Å². The zero-order chi connectivity index (χ0) is 20.1. The molecule has 0 bridgehead atoms. The van der Waals surface area contributed by atoms with Crippen molar-refractivity contribution in [1.82, 2.24) is 14.6 Å². The highest BCUT2D eigenvalue weighted by molar-refractivity contribution is 7.22. The van der Waals surface area contributed by atoms with Gasteiger partial charge < -0.3 is 5.32 Å². The van der Waals surface area contributed by atoms with Gasteiger partial charge in [-0.3, -0.25) is 0 Å². The van der Waals surface area contributed by atoms with Crippen LogP contribution < -0.4 is 5.32 Å². The fourth-order valence-corrected chi connectivity index (χ4v) is 4.64. The molecular formula is C24H22N4S. The number of imidazole rings is 1. The molecule has 3 aromatic heterocycles. The van der Waals surface area contributed by atoms with E-state index >= 15 is 0 Å². The Morgan fingerprint density at radius 1 is 0.828 bits per heavy atom. The van der Waals surface area contributed by atoms with Crippen molar-refractivity contribution in [2.24, 2.45) is 0 Å². The van der Waals surface area contributed by atoms with Crippen LogP contribution in [0.3, 0.4) is 0 Å². The lowest BCUT2D eigenvalue weighted by atomic mass is 10.1. The Morgan fingerprint density at radius 3 is 2.45 bits per heavy atom. The first-order chi connectivity index (χ1) is 14.0. The number of aryl methyl sites for hydroxylation is 4. The van der Waals surface area contributed by atoms with Gasteiger partial charge in [-0.25, -0.2) is 9.50 Å². The van der Waals surface area contributed by atoms with Gasteiger partial charge in [0.15, 0.2) is 11.5 Å². The van der Waals surface area contributed by atoms with Gasteiger partial charge in [-0.05, 0) is 91.7 Å². The molecule has 0 saturated carbocycles. The molecule has 0 amide bonds. The SMILES string of the molecule is Cc1ccc(Nc2ccc3ncc(-c4cc5cc(C)c(C)cc5s4)n3n2)cc1C. The lowest BCUT2D eigenvalue weighted by Crippen LogP contribution is -2.00. The van der Waals surface area contributed by atoms with Crippen LogP contribution in [0.4, 0.5) is 11.5 Å². The molecule has 0 atom stereocenters. The Labute approximate surface area is 173 Å². The minimum absolute atomic E-state index is 0.799. The van der Waals surface area contributed by atoms with Crippen LogP contribution in [0.1, 0.15) is 22.3 Å². The smallest absolute Gasteiger partial charge is 0.154 e. The largest absolute Gasteiger partial charge is 0.339 e. The number of nitrogens with one attached hydrogen (secondary N) is 1. The Morgan fingerprint density at radius 2 is 1.62 bits per heavy atom. The molecule has 0 aliphatic heterocycles. The molecule has 0 saturated heterocycles. The number of hydrogen-bond donors (Lipinski definition) is 1. The molecular weight excluding hydrogens is 376 g/mol. The lowest BCUT2D eigenvalue weighted by molar-refractivity contribution is 0.950. The van der Waals surface area contributed by atoms with Crippen LogP contribution in [0.15, 0.2) is 54.7 Å². The second kappa shape index (κ2) is 6.71. The standard InChI is InChI=1S/C24H22N4S/c1-14-5-6-19(10-16(14)3)26-23-7-8-24-25-13-20(28(24)27-23)22-12-18-9-15(2)17(4)11-21(18)29-22/h5-13H,1-4H3,(H,26,27). The topological polar surface area (TPSA) is 42.2 Å². The van der Waals surface area contributed by atoms with E-state index in [1.165, 1.54) is 37.2 Å². The summed E-state index contributed by atoms with van der Waals surface area (Å²) in [6.45, 7) is 8.56. The van der Waals surface area contributed by atoms with E-state index in [0.29, 0.717) is 0 Å². The summed E-state index contributed by atoms with van der Waals surface area (Å²) in [4.78, 5) is 5.73. The van der Waals surface area contributed by atoms with Crippen molar-refractivity contribution >= 4 is 38.6 Å². The van der Waals surface area contributed by atoms with Crippen molar-refractivity contribution in [1.29, 1.82) is 0 Å². The maximum absolute atomic E-state index is 4.81. The number of thiophene rings is 1. The van der Waals surface area contributed by atoms with Crippen molar-refractivity contribution in [3.8, 4) is 10.6 Å². The van der Waals surface area contributed by atoms with E-state index in [9.17, 15) is 0 Å². The number of nitrogens with zero attached hydrogens (tertiary/aromatic N) is 3. The van der Waals surface area contributed by atoms with Crippen LogP contribution in [0.5, 0.6) is 0 Å². The van der Waals surface area contributed by atoms with E-state index in [4.69, 9.17) is 5.10 Å². The fourth-order valence-electron chi connectivity index (χ4n) is 3.50. The lowest BCUT2D eigenvalue weighted by Gasteiger charge is -2.08. The zero-order valence-corrected chi connectivity index (χ0v) is 17.8. The normalized spacial score (nSPS) is 11.4. The molecule has 3 heterocycles. The Balaban J connectivity index is 1.56. The number of aromatic nitrogens is 3. The average molecular weight is 399 g/mol. The van der Waals surface area contributed by atoms with E-state index in [1.807, 2.05) is 22.8 Å². The number of fused-ring (bicyclic) bond motifs is 2. The third kappa shape index (κ3) is 3.17. The molecule has 0 fully saturated rings. The van der Waals surface area contributed by atoms with Crippen molar-refractivity contribution in [2.45, 2.75) is 27.7 Å². The minimum atomic E-state index is 0.799. The van der Waals surface area contributed by atoms with E-state index in [1.54, 1.807) is 11.3 Å². The highest BCUT2D eigenvalue weighted by Crippen LogP contribution is 2.35. The Bertz CT molecular complexity index is 1340. The molecule has 4 nitrogen and oxygen atoms in total. The van der Waals surface area contributed by atoms with Crippen molar-refractivity contribution in [2.75, 3.05) is 5.32 Å². The molecule has 2 aromatic carbocycles. The van der Waals surface area contributed by atoms with Gasteiger partial charge in [0.25, 0.3) is 0 Å². The Kier molecular flexibility index (Phi) is 4.14. The predicted octanol–water partition coefficient (Wildman–Crippen LogP) is 6.59. The first-order valence-electron chi connectivity index (χ1n) is 9.68. The molecule has 5 aromatic rings. The molecule has 29 heavy (non-hydrogen) atoms. The summed E-state index contributed by atoms with van der Waals surface area (Å²) in [6.07, 6.45) is 1.91. The van der Waals surface area contributed by atoms with Gasteiger partial charge in [0, 0.05) is 10.4 Å². The third-order valence-electron chi connectivity index (χ3n) is 5.53. The first kappa shape index (κ1) is 17.9. The van der Waals surface area contributed by atoms with E-state index in [2.05, 4.69) is 74.4 Å². The second-order valence-corrected chi connectivity index (χ2v) is 8.72. The van der Waals surface area contributed by atoms with Crippen LogP contribution in [-0.4, -0.2) is 14.6 Å². The molecule has 0 aliphatic carbocycles. The molecule has 5 rings (SSSR count). The average Bonchev–Trinajstić information content (AvgIpc) is 3.28. The van der Waals surface area contributed by atoms with Gasteiger partial charge in [0.1, 0.15) is 5.69 Å². The summed E-state index contributed by atoms with van der Waals surface area (Å²) in [6, 6.07) is 17.1. The minimum Gasteiger partial charge on any atom is -0.339 e. The van der Waals surface area contributed by atoms with Crippen LogP contribution in [0.25, 0.3) is 26.3 Å². The molecule has 0 radical (unpaired) electrons. The number of benzene rings is 2. The summed E-state index contributed by atoms with van der Waals surface area (Å²) in [5, 5.41) is 9.50.